The molecule has 2 aromatic carbocycles. The molecule has 2 aliphatic carbocycles. The maximum Gasteiger partial charge on any atom is 0.268 e. The first-order valence-electron chi connectivity index (χ1n) is 14.9. The van der Waals surface area contributed by atoms with E-state index in [1.807, 2.05) is 24.3 Å². The van der Waals surface area contributed by atoms with Crippen molar-refractivity contribution >= 4 is 16.8 Å². The fourth-order valence-electron chi connectivity index (χ4n) is 8.17. The minimum atomic E-state index is -0.531. The standard InChI is InChI=1S/C34H36N4O3/c39-31-28-12-4-5-13-29(28)38(22-25-11-6-7-14-35-25)33(41)30(31)32(40)36-15-8-16-37-26-17-23-18-27(37)21-34(19-23,20-26)24-9-2-1-3-10-24/h1-7,9-14,23,26-27,39H,8,15-22H2,(H,36,40). The van der Waals surface area contributed by atoms with E-state index in [1.54, 1.807) is 24.4 Å². The van der Waals surface area contributed by atoms with Crippen molar-refractivity contribution < 1.29 is 9.90 Å². The van der Waals surface area contributed by atoms with Gasteiger partial charge in [-0.2, -0.15) is 0 Å². The Hall–Kier alpha value is -3.97. The van der Waals surface area contributed by atoms with Gasteiger partial charge in [0.1, 0.15) is 11.3 Å². The number of nitrogens with zero attached hydrogens (tertiary/aromatic N) is 3. The smallest absolute Gasteiger partial charge is 0.268 e. The van der Waals surface area contributed by atoms with Crippen molar-refractivity contribution in [3.05, 3.63) is 106 Å². The van der Waals surface area contributed by atoms with E-state index in [1.165, 1.54) is 42.2 Å². The normalized spacial score (nSPS) is 25.0. The summed E-state index contributed by atoms with van der Waals surface area (Å²) < 4.78 is 1.52. The molecular formula is C34H36N4O3. The highest BCUT2D eigenvalue weighted by atomic mass is 16.3. The van der Waals surface area contributed by atoms with E-state index in [9.17, 15) is 14.7 Å². The van der Waals surface area contributed by atoms with Gasteiger partial charge in [0.05, 0.1) is 17.8 Å². The highest BCUT2D eigenvalue weighted by Gasteiger charge is 2.54. The summed E-state index contributed by atoms with van der Waals surface area (Å²) in [6, 6.07) is 24.9. The molecule has 4 bridgehead atoms. The van der Waals surface area contributed by atoms with Crippen LogP contribution in [0.5, 0.6) is 5.75 Å². The highest BCUT2D eigenvalue weighted by Crippen LogP contribution is 2.57. The van der Waals surface area contributed by atoms with Crippen LogP contribution in [0, 0.1) is 5.92 Å². The van der Waals surface area contributed by atoms with Gasteiger partial charge >= 0.3 is 0 Å². The Morgan fingerprint density at radius 1 is 0.951 bits per heavy atom. The summed E-state index contributed by atoms with van der Waals surface area (Å²) >= 11 is 0. The minimum absolute atomic E-state index is 0.209. The van der Waals surface area contributed by atoms with Gasteiger partial charge in [-0.05, 0) is 79.7 Å². The van der Waals surface area contributed by atoms with E-state index in [0.717, 1.165) is 18.9 Å². The van der Waals surface area contributed by atoms with Crippen molar-refractivity contribution in [2.45, 2.75) is 62.6 Å². The molecule has 2 aliphatic heterocycles. The Morgan fingerprint density at radius 2 is 1.68 bits per heavy atom. The molecule has 4 aromatic rings. The van der Waals surface area contributed by atoms with Crippen LogP contribution in [0.1, 0.15) is 60.1 Å². The van der Waals surface area contributed by atoms with Gasteiger partial charge in [0.2, 0.25) is 0 Å². The van der Waals surface area contributed by atoms with Crippen molar-refractivity contribution in [3.63, 3.8) is 0 Å². The fraction of sp³-hybridized carbons (Fsp3) is 0.382. The molecule has 4 heterocycles. The van der Waals surface area contributed by atoms with Crippen molar-refractivity contribution in [1.29, 1.82) is 0 Å². The largest absolute Gasteiger partial charge is 0.506 e. The predicted octanol–water partition coefficient (Wildman–Crippen LogP) is 4.86. The minimum Gasteiger partial charge on any atom is -0.506 e. The Bertz CT molecular complexity index is 1620. The number of hydrogen-bond donors (Lipinski definition) is 2. The third-order valence-electron chi connectivity index (χ3n) is 9.76. The van der Waals surface area contributed by atoms with E-state index >= 15 is 0 Å². The number of pyridine rings is 2. The predicted molar refractivity (Wildman–Crippen MR) is 159 cm³/mol. The molecule has 210 valence electrons. The molecule has 2 saturated heterocycles. The topological polar surface area (TPSA) is 87.5 Å². The van der Waals surface area contributed by atoms with Crippen LogP contribution in [0.25, 0.3) is 10.9 Å². The van der Waals surface area contributed by atoms with Crippen LogP contribution in [0.2, 0.25) is 0 Å². The number of rotatable bonds is 8. The number of carbonyl (C=O) groups excluding carboxylic acids is 1. The molecule has 41 heavy (non-hydrogen) atoms. The molecule has 2 aromatic heterocycles. The number of amides is 1. The van der Waals surface area contributed by atoms with Crippen LogP contribution < -0.4 is 10.9 Å². The molecular weight excluding hydrogens is 512 g/mol. The molecule has 8 rings (SSSR count). The number of piperidine rings is 2. The van der Waals surface area contributed by atoms with Crippen LogP contribution >= 0.6 is 0 Å². The van der Waals surface area contributed by atoms with Crippen LogP contribution in [0.15, 0.2) is 83.8 Å². The maximum absolute atomic E-state index is 13.6. The van der Waals surface area contributed by atoms with Crippen molar-refractivity contribution in [3.8, 4) is 5.75 Å². The Morgan fingerprint density at radius 3 is 2.44 bits per heavy atom. The first kappa shape index (κ1) is 26.0. The molecule has 0 radical (unpaired) electrons. The lowest BCUT2D eigenvalue weighted by Crippen LogP contribution is -2.63. The first-order valence-corrected chi connectivity index (χ1v) is 14.9. The fourth-order valence-corrected chi connectivity index (χ4v) is 8.17. The summed E-state index contributed by atoms with van der Waals surface area (Å²) in [5.41, 5.74) is 2.39. The number of fused-ring (bicyclic) bond motifs is 1. The van der Waals surface area contributed by atoms with Crippen LogP contribution in [0.4, 0.5) is 0 Å². The molecule has 2 unspecified atom stereocenters. The number of aromatic hydroxyl groups is 1. The number of carbonyl (C=O) groups is 1. The molecule has 2 atom stereocenters. The van der Waals surface area contributed by atoms with E-state index in [-0.39, 0.29) is 17.9 Å². The lowest BCUT2D eigenvalue weighted by molar-refractivity contribution is -0.0750. The van der Waals surface area contributed by atoms with Crippen LogP contribution in [-0.2, 0) is 12.0 Å². The zero-order valence-corrected chi connectivity index (χ0v) is 23.2. The average molecular weight is 549 g/mol. The number of nitrogens with one attached hydrogen (secondary N) is 1. The molecule has 0 spiro atoms. The third-order valence-corrected chi connectivity index (χ3v) is 9.76. The van der Waals surface area contributed by atoms with Gasteiger partial charge in [-0.1, -0.05) is 48.5 Å². The van der Waals surface area contributed by atoms with Gasteiger partial charge in [0, 0.05) is 36.8 Å². The average Bonchev–Trinajstić information content (AvgIpc) is 2.99. The number of benzene rings is 2. The summed E-state index contributed by atoms with van der Waals surface area (Å²) in [6.45, 7) is 1.60. The Kier molecular flexibility index (Phi) is 6.62. The lowest BCUT2D eigenvalue weighted by atomic mass is 9.53. The van der Waals surface area contributed by atoms with E-state index in [2.05, 4.69) is 45.5 Å². The summed E-state index contributed by atoms with van der Waals surface area (Å²) in [5, 5.41) is 14.4. The second kappa shape index (κ2) is 10.5. The molecule has 7 nitrogen and oxygen atoms in total. The van der Waals surface area contributed by atoms with Gasteiger partial charge in [-0.25, -0.2) is 0 Å². The van der Waals surface area contributed by atoms with Gasteiger partial charge in [0.15, 0.2) is 0 Å². The van der Waals surface area contributed by atoms with Gasteiger partial charge < -0.3 is 15.0 Å². The van der Waals surface area contributed by atoms with Crippen molar-refractivity contribution in [1.82, 2.24) is 19.8 Å². The second-order valence-electron chi connectivity index (χ2n) is 12.2. The molecule has 7 heteroatoms. The van der Waals surface area contributed by atoms with Crippen molar-refractivity contribution in [2.75, 3.05) is 13.1 Å². The summed E-state index contributed by atoms with van der Waals surface area (Å²) in [6.07, 6.45) is 8.79. The zero-order chi connectivity index (χ0) is 28.0. The third kappa shape index (κ3) is 4.62. The van der Waals surface area contributed by atoms with Crippen LogP contribution in [0.3, 0.4) is 0 Å². The van der Waals surface area contributed by atoms with E-state index in [4.69, 9.17) is 0 Å². The molecule has 2 saturated carbocycles. The van der Waals surface area contributed by atoms with Gasteiger partial charge in [0.25, 0.3) is 11.5 Å². The second-order valence-corrected chi connectivity index (χ2v) is 12.2. The molecule has 2 N–H and O–H groups in total. The van der Waals surface area contributed by atoms with E-state index < -0.39 is 11.5 Å². The van der Waals surface area contributed by atoms with Gasteiger partial charge in [-0.3, -0.25) is 19.5 Å². The number of para-hydroxylation sites is 1. The quantitative estimate of drug-likeness (QED) is 0.307. The van der Waals surface area contributed by atoms with Crippen molar-refractivity contribution in [2.24, 2.45) is 5.92 Å². The summed E-state index contributed by atoms with van der Waals surface area (Å²) in [4.78, 5) is 33.9. The monoisotopic (exact) mass is 548 g/mol. The molecule has 4 fully saturated rings. The zero-order valence-electron chi connectivity index (χ0n) is 23.2. The lowest BCUT2D eigenvalue weighted by Gasteiger charge is -2.62. The van der Waals surface area contributed by atoms with Crippen LogP contribution in [-0.4, -0.2) is 50.6 Å². The molecule has 1 amide bonds. The summed E-state index contributed by atoms with van der Waals surface area (Å²) in [5.74, 6) is 0.0142. The highest BCUT2D eigenvalue weighted by molar-refractivity contribution is 6.02. The maximum atomic E-state index is 13.6. The first-order chi connectivity index (χ1) is 20.0. The Balaban J connectivity index is 1.04. The summed E-state index contributed by atoms with van der Waals surface area (Å²) in [7, 11) is 0. The number of aromatic nitrogens is 2. The van der Waals surface area contributed by atoms with E-state index in [0.29, 0.717) is 40.6 Å². The molecule has 4 aliphatic rings. The van der Waals surface area contributed by atoms with Gasteiger partial charge in [-0.15, -0.1) is 0 Å². The Labute approximate surface area is 239 Å². The SMILES string of the molecule is O=C(NCCCN1C2CC3CC1CC(c1ccccc1)(C3)C2)c1c(O)c2ccccc2n(Cc2ccccn2)c1=O. The number of hydrogen-bond acceptors (Lipinski definition) is 5.